The van der Waals surface area contributed by atoms with Gasteiger partial charge in [-0.2, -0.15) is 0 Å². The average molecular weight is 227 g/mol. The molecule has 4 nitrogen and oxygen atoms in total. The van der Waals surface area contributed by atoms with E-state index in [1.165, 1.54) is 0 Å². The van der Waals surface area contributed by atoms with Gasteiger partial charge in [-0.25, -0.2) is 0 Å². The Labute approximate surface area is 98.9 Å². The molecule has 2 aliphatic rings. The molecule has 1 N–H and O–H groups in total. The van der Waals surface area contributed by atoms with Crippen LogP contribution in [0.3, 0.4) is 0 Å². The molecule has 16 heavy (non-hydrogen) atoms. The normalized spacial score (nSPS) is 28.3. The first kappa shape index (κ1) is 12.3. The van der Waals surface area contributed by atoms with Crippen LogP contribution in [0.1, 0.15) is 13.8 Å². The highest BCUT2D eigenvalue weighted by atomic mass is 16.5. The molecule has 0 amide bonds. The van der Waals surface area contributed by atoms with Crippen molar-refractivity contribution in [2.24, 2.45) is 0 Å². The van der Waals surface area contributed by atoms with Crippen molar-refractivity contribution in [2.45, 2.75) is 26.0 Å². The number of hydrogen-bond donors (Lipinski definition) is 1. The van der Waals surface area contributed by atoms with Gasteiger partial charge in [0.25, 0.3) is 0 Å². The lowest BCUT2D eigenvalue weighted by Gasteiger charge is -2.41. The van der Waals surface area contributed by atoms with Gasteiger partial charge in [0.05, 0.1) is 12.7 Å². The van der Waals surface area contributed by atoms with Gasteiger partial charge in [-0.1, -0.05) is 13.8 Å². The van der Waals surface area contributed by atoms with E-state index >= 15 is 0 Å². The summed E-state index contributed by atoms with van der Waals surface area (Å²) in [6, 6.07) is 0.741. The topological polar surface area (TPSA) is 27.7 Å². The van der Waals surface area contributed by atoms with Gasteiger partial charge in [0, 0.05) is 38.8 Å². The van der Waals surface area contributed by atoms with Crippen LogP contribution in [0.25, 0.3) is 0 Å². The van der Waals surface area contributed by atoms with Gasteiger partial charge >= 0.3 is 0 Å². The molecule has 4 heteroatoms. The first-order valence-electron chi connectivity index (χ1n) is 6.62. The lowest BCUT2D eigenvalue weighted by molar-refractivity contribution is -0.0493. The minimum atomic E-state index is 0.411. The zero-order valence-corrected chi connectivity index (χ0v) is 10.6. The van der Waals surface area contributed by atoms with Crippen molar-refractivity contribution < 1.29 is 4.74 Å². The van der Waals surface area contributed by atoms with Crippen LogP contribution in [0.4, 0.5) is 0 Å². The number of ether oxygens (including phenoxy) is 1. The molecule has 0 saturated carbocycles. The number of rotatable bonds is 5. The summed E-state index contributed by atoms with van der Waals surface area (Å²) in [4.78, 5) is 5.04. The van der Waals surface area contributed by atoms with E-state index in [-0.39, 0.29) is 0 Å². The maximum Gasteiger partial charge on any atom is 0.0829 e. The predicted octanol–water partition coefficient (Wildman–Crippen LogP) is 0.000800. The van der Waals surface area contributed by atoms with Crippen molar-refractivity contribution in [1.29, 1.82) is 0 Å². The van der Waals surface area contributed by atoms with Crippen LogP contribution in [0, 0.1) is 0 Å². The zero-order chi connectivity index (χ0) is 11.4. The molecule has 0 spiro atoms. The molecule has 2 heterocycles. The molecule has 0 aliphatic carbocycles. The van der Waals surface area contributed by atoms with Crippen LogP contribution in [0.15, 0.2) is 0 Å². The maximum absolute atomic E-state index is 5.86. The van der Waals surface area contributed by atoms with Crippen molar-refractivity contribution in [2.75, 3.05) is 52.4 Å². The van der Waals surface area contributed by atoms with Crippen molar-refractivity contribution >= 4 is 0 Å². The standard InChI is InChI=1S/C12H25N3O/c1-3-14-5-6-16-12(9-14)10-15(4-2)11-7-13-8-11/h11-13H,3-10H2,1-2H3. The Morgan fingerprint density at radius 2 is 2.19 bits per heavy atom. The molecule has 0 radical (unpaired) electrons. The predicted molar refractivity (Wildman–Crippen MR) is 65.8 cm³/mol. The number of hydrogen-bond acceptors (Lipinski definition) is 4. The summed E-state index contributed by atoms with van der Waals surface area (Å²) in [5, 5.41) is 3.34. The Bertz CT molecular complexity index is 208. The highest BCUT2D eigenvalue weighted by molar-refractivity contribution is 4.86. The van der Waals surface area contributed by atoms with E-state index < -0.39 is 0 Å². The van der Waals surface area contributed by atoms with Crippen molar-refractivity contribution in [3.63, 3.8) is 0 Å². The lowest BCUT2D eigenvalue weighted by atomic mass is 10.1. The van der Waals surface area contributed by atoms with Gasteiger partial charge in [-0.3, -0.25) is 9.80 Å². The van der Waals surface area contributed by atoms with Crippen LogP contribution in [0.5, 0.6) is 0 Å². The van der Waals surface area contributed by atoms with E-state index in [0.29, 0.717) is 6.10 Å². The quantitative estimate of drug-likeness (QED) is 0.715. The van der Waals surface area contributed by atoms with Crippen LogP contribution < -0.4 is 5.32 Å². The Morgan fingerprint density at radius 3 is 2.75 bits per heavy atom. The van der Waals surface area contributed by atoms with E-state index in [1.54, 1.807) is 0 Å². The number of nitrogens with zero attached hydrogens (tertiary/aromatic N) is 2. The summed E-state index contributed by atoms with van der Waals surface area (Å²) in [5.74, 6) is 0. The summed E-state index contributed by atoms with van der Waals surface area (Å²) >= 11 is 0. The van der Waals surface area contributed by atoms with E-state index in [1.807, 2.05) is 0 Å². The third-order valence-corrected chi connectivity index (χ3v) is 3.79. The highest BCUT2D eigenvalue weighted by Crippen LogP contribution is 2.10. The Balaban J connectivity index is 1.77. The zero-order valence-electron chi connectivity index (χ0n) is 10.6. The summed E-state index contributed by atoms with van der Waals surface area (Å²) in [6.45, 7) is 13.3. The molecule has 0 bridgehead atoms. The van der Waals surface area contributed by atoms with Gasteiger partial charge in [0.15, 0.2) is 0 Å². The fourth-order valence-electron chi connectivity index (χ4n) is 2.51. The molecule has 0 aromatic heterocycles. The molecule has 2 fully saturated rings. The molecule has 0 aromatic carbocycles. The maximum atomic E-state index is 5.86. The average Bonchev–Trinajstić information content (AvgIpc) is 2.26. The van der Waals surface area contributed by atoms with E-state index in [0.717, 1.165) is 58.5 Å². The van der Waals surface area contributed by atoms with Gasteiger partial charge < -0.3 is 10.1 Å². The Kier molecular flexibility index (Phi) is 4.58. The van der Waals surface area contributed by atoms with Crippen molar-refractivity contribution in [1.82, 2.24) is 15.1 Å². The number of likely N-dealkylation sites (N-methyl/N-ethyl adjacent to an activating group) is 2. The smallest absolute Gasteiger partial charge is 0.0829 e. The SMILES string of the molecule is CCN1CCOC(CN(CC)C2CNC2)C1. The van der Waals surface area contributed by atoms with E-state index in [2.05, 4.69) is 29.0 Å². The van der Waals surface area contributed by atoms with Gasteiger partial charge in [-0.15, -0.1) is 0 Å². The van der Waals surface area contributed by atoms with Crippen LogP contribution in [-0.2, 0) is 4.74 Å². The first-order valence-corrected chi connectivity index (χ1v) is 6.62. The van der Waals surface area contributed by atoms with Crippen LogP contribution in [0.2, 0.25) is 0 Å². The van der Waals surface area contributed by atoms with Gasteiger partial charge in [0.1, 0.15) is 0 Å². The third kappa shape index (κ3) is 2.94. The molecular weight excluding hydrogens is 202 g/mol. The summed E-state index contributed by atoms with van der Waals surface area (Å²) in [6.07, 6.45) is 0.411. The lowest BCUT2D eigenvalue weighted by Crippen LogP contribution is -2.59. The minimum absolute atomic E-state index is 0.411. The molecule has 1 unspecified atom stereocenters. The van der Waals surface area contributed by atoms with E-state index in [9.17, 15) is 0 Å². The Morgan fingerprint density at radius 1 is 1.38 bits per heavy atom. The van der Waals surface area contributed by atoms with Crippen LogP contribution in [-0.4, -0.2) is 74.4 Å². The van der Waals surface area contributed by atoms with Crippen molar-refractivity contribution in [3.05, 3.63) is 0 Å². The fraction of sp³-hybridized carbons (Fsp3) is 1.00. The molecule has 0 aromatic rings. The fourth-order valence-corrected chi connectivity index (χ4v) is 2.51. The van der Waals surface area contributed by atoms with Gasteiger partial charge in [0.2, 0.25) is 0 Å². The first-order chi connectivity index (χ1) is 7.83. The van der Waals surface area contributed by atoms with E-state index in [4.69, 9.17) is 4.74 Å². The summed E-state index contributed by atoms with van der Waals surface area (Å²) in [5.41, 5.74) is 0. The third-order valence-electron chi connectivity index (χ3n) is 3.79. The molecule has 94 valence electrons. The number of nitrogens with one attached hydrogen (secondary N) is 1. The second kappa shape index (κ2) is 5.96. The second-order valence-corrected chi connectivity index (χ2v) is 4.79. The summed E-state index contributed by atoms with van der Waals surface area (Å²) in [7, 11) is 0. The second-order valence-electron chi connectivity index (χ2n) is 4.79. The highest BCUT2D eigenvalue weighted by Gasteiger charge is 2.27. The monoisotopic (exact) mass is 227 g/mol. The minimum Gasteiger partial charge on any atom is -0.374 e. The van der Waals surface area contributed by atoms with Crippen LogP contribution >= 0.6 is 0 Å². The van der Waals surface area contributed by atoms with Crippen molar-refractivity contribution in [3.8, 4) is 0 Å². The molecule has 2 rings (SSSR count). The summed E-state index contributed by atoms with van der Waals surface area (Å²) < 4.78 is 5.86. The largest absolute Gasteiger partial charge is 0.374 e. The molecular formula is C12H25N3O. The number of morpholine rings is 1. The van der Waals surface area contributed by atoms with Gasteiger partial charge in [-0.05, 0) is 13.1 Å². The Hall–Kier alpha value is -0.160. The molecule has 2 aliphatic heterocycles. The molecule has 2 saturated heterocycles. The molecule has 1 atom stereocenters.